The summed E-state index contributed by atoms with van der Waals surface area (Å²) >= 11 is 0. The first-order valence-corrected chi connectivity index (χ1v) is 12.6. The van der Waals surface area contributed by atoms with Crippen LogP contribution in [0.2, 0.25) is 0 Å². The third-order valence-electron chi connectivity index (χ3n) is 6.85. The van der Waals surface area contributed by atoms with Gasteiger partial charge in [-0.25, -0.2) is 9.97 Å². The van der Waals surface area contributed by atoms with Crippen LogP contribution in [0.15, 0.2) is 79.0 Å². The summed E-state index contributed by atoms with van der Waals surface area (Å²) in [6.45, 7) is 6.60. The van der Waals surface area contributed by atoms with Gasteiger partial charge in [0, 0.05) is 63.0 Å². The van der Waals surface area contributed by atoms with Gasteiger partial charge in [-0.15, -0.1) is 12.4 Å². The normalized spacial score (nSPS) is 14.8. The number of aromatic nitrogens is 2. The highest BCUT2D eigenvalue weighted by Gasteiger charge is 2.33. The lowest BCUT2D eigenvalue weighted by molar-refractivity contribution is -0.140. The first-order chi connectivity index (χ1) is 18.0. The van der Waals surface area contributed by atoms with Gasteiger partial charge < -0.3 is 10.2 Å². The fraction of sp³-hybridized carbons (Fsp3) is 0.310. The van der Waals surface area contributed by atoms with Crippen molar-refractivity contribution in [1.29, 1.82) is 0 Å². The molecule has 0 unspecified atom stereocenters. The van der Waals surface area contributed by atoms with Crippen LogP contribution in [-0.2, 0) is 12.6 Å². The molecule has 0 radical (unpaired) electrons. The van der Waals surface area contributed by atoms with Crippen molar-refractivity contribution in [2.24, 2.45) is 0 Å². The molecular formula is C29H31ClF3N5. The van der Waals surface area contributed by atoms with E-state index >= 15 is 0 Å². The zero-order valence-corrected chi connectivity index (χ0v) is 21.8. The maximum atomic E-state index is 13.4. The van der Waals surface area contributed by atoms with E-state index in [9.17, 15) is 13.2 Å². The average molecular weight is 542 g/mol. The van der Waals surface area contributed by atoms with Crippen molar-refractivity contribution >= 4 is 29.1 Å². The van der Waals surface area contributed by atoms with Crippen LogP contribution in [0.5, 0.6) is 0 Å². The summed E-state index contributed by atoms with van der Waals surface area (Å²) < 4.78 is 40.3. The third-order valence-corrected chi connectivity index (χ3v) is 6.85. The fourth-order valence-corrected chi connectivity index (χ4v) is 4.74. The maximum Gasteiger partial charge on any atom is 0.433 e. The van der Waals surface area contributed by atoms with Gasteiger partial charge in [-0.3, -0.25) is 4.90 Å². The molecule has 1 aliphatic heterocycles. The molecule has 1 saturated heterocycles. The number of hydrogen-bond acceptors (Lipinski definition) is 5. The van der Waals surface area contributed by atoms with Crippen molar-refractivity contribution in [3.63, 3.8) is 0 Å². The van der Waals surface area contributed by atoms with Crippen molar-refractivity contribution in [3.05, 3.63) is 90.3 Å². The van der Waals surface area contributed by atoms with E-state index < -0.39 is 11.9 Å². The lowest BCUT2D eigenvalue weighted by Crippen LogP contribution is -2.48. The number of benzene rings is 2. The molecule has 5 rings (SSSR count). The highest BCUT2D eigenvalue weighted by atomic mass is 35.5. The minimum absolute atomic E-state index is 0. The van der Waals surface area contributed by atoms with Crippen LogP contribution >= 0.6 is 12.4 Å². The molecule has 38 heavy (non-hydrogen) atoms. The number of halogens is 4. The van der Waals surface area contributed by atoms with Gasteiger partial charge in [0.05, 0.1) is 5.52 Å². The van der Waals surface area contributed by atoms with E-state index in [0.717, 1.165) is 57.3 Å². The summed E-state index contributed by atoms with van der Waals surface area (Å²) in [5.74, 6) is 0.553. The van der Waals surface area contributed by atoms with Gasteiger partial charge in [0.2, 0.25) is 0 Å². The first kappa shape index (κ1) is 27.8. The third kappa shape index (κ3) is 6.81. The van der Waals surface area contributed by atoms with Gasteiger partial charge >= 0.3 is 6.18 Å². The zero-order valence-electron chi connectivity index (χ0n) is 21.0. The van der Waals surface area contributed by atoms with Gasteiger partial charge in [0.1, 0.15) is 11.5 Å². The van der Waals surface area contributed by atoms with E-state index in [1.54, 1.807) is 6.20 Å². The second kappa shape index (κ2) is 12.6. The molecule has 0 amide bonds. The first-order valence-electron chi connectivity index (χ1n) is 12.6. The SMILES string of the molecule is Cl.FC(F)(F)c1ccc2c(NCCN3CCN(CCc4ccccc4)CC3)ncc(-c3ccccc3)c2n1. The fourth-order valence-electron chi connectivity index (χ4n) is 4.74. The smallest absolute Gasteiger partial charge is 0.368 e. The molecule has 0 bridgehead atoms. The van der Waals surface area contributed by atoms with Crippen molar-refractivity contribution in [3.8, 4) is 11.1 Å². The zero-order chi connectivity index (χ0) is 25.7. The number of alkyl halides is 3. The van der Waals surface area contributed by atoms with Crippen LogP contribution in [0.25, 0.3) is 22.0 Å². The van der Waals surface area contributed by atoms with E-state index in [2.05, 4.69) is 49.4 Å². The Bertz CT molecular complexity index is 1310. The molecule has 5 nitrogen and oxygen atoms in total. The molecule has 0 atom stereocenters. The highest BCUT2D eigenvalue weighted by Crippen LogP contribution is 2.34. The summed E-state index contributed by atoms with van der Waals surface area (Å²) in [4.78, 5) is 13.5. The standard InChI is InChI=1S/C29H30F3N5.ClH/c30-29(31,32)26-12-11-24-27(35-26)25(23-9-5-2-6-10-23)21-34-28(24)33-14-16-37-19-17-36(18-20-37)15-13-22-7-3-1-4-8-22;/h1-12,21H,13-20H2,(H,33,34);1H. The Hall–Kier alpha value is -3.20. The number of nitrogens with one attached hydrogen (secondary N) is 1. The average Bonchev–Trinajstić information content (AvgIpc) is 2.93. The molecule has 200 valence electrons. The topological polar surface area (TPSA) is 44.3 Å². The van der Waals surface area contributed by atoms with E-state index in [1.807, 2.05) is 36.4 Å². The lowest BCUT2D eigenvalue weighted by Gasteiger charge is -2.34. The molecule has 9 heteroatoms. The van der Waals surface area contributed by atoms with Gasteiger partial charge in [0.25, 0.3) is 0 Å². The molecular weight excluding hydrogens is 511 g/mol. The van der Waals surface area contributed by atoms with Crippen LogP contribution in [0.3, 0.4) is 0 Å². The van der Waals surface area contributed by atoms with E-state index in [-0.39, 0.29) is 12.4 Å². The molecule has 1 aliphatic rings. The summed E-state index contributed by atoms with van der Waals surface area (Å²) in [6, 6.07) is 22.3. The summed E-state index contributed by atoms with van der Waals surface area (Å²) in [7, 11) is 0. The Morgan fingerprint density at radius 1 is 0.789 bits per heavy atom. The summed E-state index contributed by atoms with van der Waals surface area (Å²) in [5.41, 5.74) is 2.12. The monoisotopic (exact) mass is 541 g/mol. The van der Waals surface area contributed by atoms with Crippen LogP contribution in [-0.4, -0.2) is 65.6 Å². The molecule has 2 aromatic carbocycles. The number of pyridine rings is 2. The molecule has 3 heterocycles. The second-order valence-electron chi connectivity index (χ2n) is 9.32. The second-order valence-corrected chi connectivity index (χ2v) is 9.32. The molecule has 0 saturated carbocycles. The highest BCUT2D eigenvalue weighted by molar-refractivity contribution is 5.99. The van der Waals surface area contributed by atoms with Crippen LogP contribution in [0.4, 0.5) is 19.0 Å². The number of nitrogens with zero attached hydrogens (tertiary/aromatic N) is 4. The molecule has 0 aliphatic carbocycles. The number of hydrogen-bond donors (Lipinski definition) is 1. The minimum atomic E-state index is -4.51. The van der Waals surface area contributed by atoms with Crippen molar-refractivity contribution in [2.45, 2.75) is 12.6 Å². The Balaban J connectivity index is 0.00000336. The largest absolute Gasteiger partial charge is 0.433 e. The predicted molar refractivity (Wildman–Crippen MR) is 149 cm³/mol. The number of piperazine rings is 1. The molecule has 1 N–H and O–H groups in total. The maximum absolute atomic E-state index is 13.4. The lowest BCUT2D eigenvalue weighted by atomic mass is 10.0. The Morgan fingerprint density at radius 2 is 1.42 bits per heavy atom. The van der Waals surface area contributed by atoms with Crippen molar-refractivity contribution in [2.75, 3.05) is 51.1 Å². The Labute approximate surface area is 227 Å². The van der Waals surface area contributed by atoms with Gasteiger partial charge in [-0.1, -0.05) is 60.7 Å². The van der Waals surface area contributed by atoms with E-state index in [1.165, 1.54) is 11.6 Å². The van der Waals surface area contributed by atoms with Gasteiger partial charge in [-0.05, 0) is 29.7 Å². The van der Waals surface area contributed by atoms with Crippen molar-refractivity contribution < 1.29 is 13.2 Å². The van der Waals surface area contributed by atoms with Crippen LogP contribution in [0, 0.1) is 0 Å². The van der Waals surface area contributed by atoms with Crippen LogP contribution in [0.1, 0.15) is 11.3 Å². The summed E-state index contributed by atoms with van der Waals surface area (Å²) in [6.07, 6.45) is -1.84. The predicted octanol–water partition coefficient (Wildman–Crippen LogP) is 6.01. The minimum Gasteiger partial charge on any atom is -0.368 e. The number of rotatable bonds is 8. The molecule has 2 aromatic heterocycles. The Morgan fingerprint density at radius 3 is 2.08 bits per heavy atom. The molecule has 1 fully saturated rings. The summed E-state index contributed by atoms with van der Waals surface area (Å²) in [5, 5.41) is 3.93. The molecule has 0 spiro atoms. The number of fused-ring (bicyclic) bond motifs is 1. The van der Waals surface area contributed by atoms with Gasteiger partial charge in [-0.2, -0.15) is 13.2 Å². The van der Waals surface area contributed by atoms with Crippen LogP contribution < -0.4 is 5.32 Å². The molecule has 4 aromatic rings. The number of anilines is 1. The van der Waals surface area contributed by atoms with Crippen molar-refractivity contribution in [1.82, 2.24) is 19.8 Å². The van der Waals surface area contributed by atoms with E-state index in [0.29, 0.717) is 28.8 Å². The van der Waals surface area contributed by atoms with Gasteiger partial charge in [0.15, 0.2) is 0 Å². The van der Waals surface area contributed by atoms with E-state index in [4.69, 9.17) is 0 Å². The Kier molecular flexibility index (Phi) is 9.20. The quantitative estimate of drug-likeness (QED) is 0.296.